The molecule has 0 radical (unpaired) electrons. The molecule has 1 rings (SSSR count). The average molecular weight is 218 g/mol. The zero-order chi connectivity index (χ0) is 10.2. The number of hydrogen-bond acceptors (Lipinski definition) is 6. The minimum Gasteiger partial charge on any atom is -0.479 e. The van der Waals surface area contributed by atoms with Crippen molar-refractivity contribution in [3.8, 4) is 0 Å². The van der Waals surface area contributed by atoms with E-state index in [1.54, 1.807) is 0 Å². The molecule has 1 aliphatic heterocycles. The Hall–Kier alpha value is 0.0362. The van der Waals surface area contributed by atoms with Gasteiger partial charge in [0.2, 0.25) is 0 Å². The maximum atomic E-state index is 10.4. The Morgan fingerprint density at radius 3 is 1.93 bits per heavy atom. The van der Waals surface area contributed by atoms with E-state index in [0.29, 0.717) is 0 Å². The Morgan fingerprint density at radius 1 is 1.00 bits per heavy atom. The van der Waals surface area contributed by atoms with Crippen molar-refractivity contribution in [1.82, 2.24) is 0 Å². The zero-order valence-electron chi connectivity index (χ0n) is 7.15. The molecule has 0 aliphatic carbocycles. The first kappa shape index (κ1) is 14.0. The molecule has 76 valence electrons. The van der Waals surface area contributed by atoms with Gasteiger partial charge in [0, 0.05) is 0 Å². The van der Waals surface area contributed by atoms with Gasteiger partial charge in [-0.3, -0.25) is 0 Å². The Balaban J connectivity index is 0.00000169. The van der Waals surface area contributed by atoms with Gasteiger partial charge in [-0.2, -0.15) is 0 Å². The largest absolute Gasteiger partial charge is 2.00 e. The molecule has 0 saturated carbocycles. The van der Waals surface area contributed by atoms with E-state index in [0.717, 1.165) is 0 Å². The number of aliphatic carboxylic acids is 1. The quantitative estimate of drug-likeness (QED) is 0.289. The summed E-state index contributed by atoms with van der Waals surface area (Å²) in [5.74, 6) is -1.52. The van der Waals surface area contributed by atoms with Gasteiger partial charge in [-0.15, -0.1) is 0 Å². The van der Waals surface area contributed by atoms with Crippen molar-refractivity contribution >= 4 is 29.0 Å². The van der Waals surface area contributed by atoms with Crippen LogP contribution in [-0.2, 0) is 9.53 Å². The normalized spacial score (nSPS) is 42.7. The molecule has 1 saturated heterocycles. The van der Waals surface area contributed by atoms with Crippen LogP contribution >= 0.6 is 0 Å². The summed E-state index contributed by atoms with van der Waals surface area (Å²) in [6.07, 6.45) is -8.72. The number of aliphatic hydroxyl groups excluding tert-OH is 4. The number of ether oxygens (including phenoxy) is 1. The Labute approximate surface area is 95.1 Å². The summed E-state index contributed by atoms with van der Waals surface area (Å²) in [6.45, 7) is 0. The predicted molar refractivity (Wildman–Crippen MR) is 42.3 cm³/mol. The van der Waals surface area contributed by atoms with Crippen LogP contribution in [0.5, 0.6) is 0 Å². The second kappa shape index (κ2) is 5.21. The second-order valence-electron chi connectivity index (χ2n) is 2.76. The first-order chi connectivity index (χ1) is 5.95. The predicted octanol–water partition coefficient (Wildman–Crippen LogP) is -3.51. The van der Waals surface area contributed by atoms with Gasteiger partial charge in [-0.05, 0) is 0 Å². The molecule has 0 unspecified atom stereocenters. The molecular formula is C6H10MgO7+2. The van der Waals surface area contributed by atoms with Gasteiger partial charge >= 0.3 is 29.0 Å². The Morgan fingerprint density at radius 2 is 1.50 bits per heavy atom. The molecule has 0 aromatic carbocycles. The van der Waals surface area contributed by atoms with E-state index >= 15 is 0 Å². The van der Waals surface area contributed by atoms with Crippen molar-refractivity contribution in [2.45, 2.75) is 30.7 Å². The molecule has 8 heteroatoms. The summed E-state index contributed by atoms with van der Waals surface area (Å²) in [6, 6.07) is 0. The SMILES string of the molecule is O=C(O)[C@H]1O[C@@H](O)[C@H](O)[C@@H](O)[C@@H]1O.[Mg+2]. The van der Waals surface area contributed by atoms with Crippen LogP contribution in [0.4, 0.5) is 0 Å². The first-order valence-corrected chi connectivity index (χ1v) is 3.55. The second-order valence-corrected chi connectivity index (χ2v) is 2.76. The van der Waals surface area contributed by atoms with Gasteiger partial charge in [0.15, 0.2) is 12.4 Å². The van der Waals surface area contributed by atoms with Gasteiger partial charge in [-0.25, -0.2) is 4.79 Å². The fourth-order valence-electron chi connectivity index (χ4n) is 1.07. The molecule has 7 nitrogen and oxygen atoms in total. The van der Waals surface area contributed by atoms with Crippen molar-refractivity contribution in [3.05, 3.63) is 0 Å². The molecular weight excluding hydrogens is 208 g/mol. The third-order valence-electron chi connectivity index (χ3n) is 1.83. The van der Waals surface area contributed by atoms with E-state index in [1.807, 2.05) is 0 Å². The van der Waals surface area contributed by atoms with Crippen LogP contribution in [0.3, 0.4) is 0 Å². The molecule has 0 aromatic rings. The van der Waals surface area contributed by atoms with Gasteiger partial charge in [0.05, 0.1) is 0 Å². The molecule has 1 aliphatic rings. The van der Waals surface area contributed by atoms with Crippen LogP contribution in [0.2, 0.25) is 0 Å². The minimum absolute atomic E-state index is 0. The molecule has 5 atom stereocenters. The fraction of sp³-hybridized carbons (Fsp3) is 0.833. The van der Waals surface area contributed by atoms with Crippen molar-refractivity contribution in [2.24, 2.45) is 0 Å². The number of carbonyl (C=O) groups is 1. The van der Waals surface area contributed by atoms with Crippen LogP contribution in [0.25, 0.3) is 0 Å². The molecule has 14 heavy (non-hydrogen) atoms. The van der Waals surface area contributed by atoms with E-state index in [1.165, 1.54) is 0 Å². The smallest absolute Gasteiger partial charge is 0.479 e. The average Bonchev–Trinajstić information content (AvgIpc) is 2.07. The van der Waals surface area contributed by atoms with Crippen LogP contribution in [0.1, 0.15) is 0 Å². The molecule has 0 spiro atoms. The molecule has 0 amide bonds. The minimum atomic E-state index is -1.81. The molecule has 1 fully saturated rings. The van der Waals surface area contributed by atoms with Gasteiger partial charge in [-0.1, -0.05) is 0 Å². The van der Waals surface area contributed by atoms with Crippen molar-refractivity contribution in [1.29, 1.82) is 0 Å². The van der Waals surface area contributed by atoms with Gasteiger partial charge in [0.25, 0.3) is 0 Å². The summed E-state index contributed by atoms with van der Waals surface area (Å²) in [5.41, 5.74) is 0. The third-order valence-corrected chi connectivity index (χ3v) is 1.83. The van der Waals surface area contributed by atoms with Gasteiger partial charge in [0.1, 0.15) is 18.3 Å². The fourth-order valence-corrected chi connectivity index (χ4v) is 1.07. The van der Waals surface area contributed by atoms with Crippen molar-refractivity contribution in [3.63, 3.8) is 0 Å². The van der Waals surface area contributed by atoms with Crippen LogP contribution in [0, 0.1) is 0 Å². The summed E-state index contributed by atoms with van der Waals surface area (Å²) in [7, 11) is 0. The van der Waals surface area contributed by atoms with E-state index in [4.69, 9.17) is 25.5 Å². The van der Waals surface area contributed by atoms with E-state index < -0.39 is 36.7 Å². The maximum Gasteiger partial charge on any atom is 2.00 e. The molecule has 0 bridgehead atoms. The number of carboxylic acids is 1. The number of aliphatic hydroxyl groups is 4. The number of carboxylic acid groups (broad SMARTS) is 1. The number of rotatable bonds is 1. The Bertz CT molecular complexity index is 210. The summed E-state index contributed by atoms with van der Waals surface area (Å²) < 4.78 is 4.34. The van der Waals surface area contributed by atoms with Crippen LogP contribution in [-0.4, -0.2) is 85.3 Å². The monoisotopic (exact) mass is 218 g/mol. The summed E-state index contributed by atoms with van der Waals surface area (Å²) in [4.78, 5) is 10.4. The third kappa shape index (κ3) is 2.54. The van der Waals surface area contributed by atoms with Crippen LogP contribution in [0.15, 0.2) is 0 Å². The Kier molecular flexibility index (Phi) is 5.23. The molecule has 1 heterocycles. The maximum absolute atomic E-state index is 10.4. The first-order valence-electron chi connectivity index (χ1n) is 3.55. The van der Waals surface area contributed by atoms with Crippen LogP contribution < -0.4 is 0 Å². The standard InChI is InChI=1S/C6H10O7.Mg/c7-1-2(8)4(5(10)11)13-6(12)3(1)9;/h1-4,6-9,12H,(H,10,11);/q;+2/t1-,2-,3+,4-,6+;/m0./s1. The topological polar surface area (TPSA) is 127 Å². The van der Waals surface area contributed by atoms with Crippen molar-refractivity contribution in [2.75, 3.05) is 0 Å². The van der Waals surface area contributed by atoms with E-state index in [-0.39, 0.29) is 23.1 Å². The summed E-state index contributed by atoms with van der Waals surface area (Å²) >= 11 is 0. The van der Waals surface area contributed by atoms with E-state index in [9.17, 15) is 4.79 Å². The molecule has 0 aromatic heterocycles. The molecule has 5 N–H and O–H groups in total. The summed E-state index contributed by atoms with van der Waals surface area (Å²) in [5, 5.41) is 44.4. The number of hydrogen-bond donors (Lipinski definition) is 5. The van der Waals surface area contributed by atoms with E-state index in [2.05, 4.69) is 4.74 Å². The van der Waals surface area contributed by atoms with Gasteiger partial charge < -0.3 is 30.3 Å². The zero-order valence-corrected chi connectivity index (χ0v) is 8.56. The van der Waals surface area contributed by atoms with Crippen molar-refractivity contribution < 1.29 is 35.1 Å².